The fraction of sp³-hybridized carbons (Fsp3) is 0.778. The molecule has 4 heterocycles. The highest BCUT2D eigenvalue weighted by Gasteiger charge is 2.57. The van der Waals surface area contributed by atoms with Crippen LogP contribution in [0.5, 0.6) is 0 Å². The Hall–Kier alpha value is -3.04. The van der Waals surface area contributed by atoms with Crippen LogP contribution in [-0.4, -0.2) is 118 Å². The van der Waals surface area contributed by atoms with Crippen LogP contribution in [0.15, 0.2) is 18.5 Å². The normalized spacial score (nSPS) is 41.8. The molecule has 0 spiro atoms. The SMILES string of the molecule is CC[C@H]1OC(=O)[C@H](C)[C@@H](O)[C@H](C)[C@@H](O[C@@H]2O[C@H](C)C[C@H](N(C)C)[C@H]2O)[C@](C)(OC(=O)n2ccc(C)c2)C[C@@H](C)C(=O)[C@H](C)[C@H]2NC(=O)O[C@@]21C. The fourth-order valence-corrected chi connectivity index (χ4v) is 8.11. The number of aliphatic hydroxyl groups is 2. The Morgan fingerprint density at radius 2 is 1.74 bits per heavy atom. The number of carbonyl (C=O) groups excluding carboxylic acids is 4. The van der Waals surface area contributed by atoms with Gasteiger partial charge in [0.25, 0.3) is 0 Å². The molecule has 0 saturated carbocycles. The van der Waals surface area contributed by atoms with Crippen molar-refractivity contribution in [3.63, 3.8) is 0 Å². The minimum Gasteiger partial charge on any atom is -0.458 e. The Balaban J connectivity index is 1.85. The van der Waals surface area contributed by atoms with Gasteiger partial charge in [-0.3, -0.25) is 14.2 Å². The summed E-state index contributed by atoms with van der Waals surface area (Å²) in [5.41, 5.74) is -2.21. The number of hydrogen-bond donors (Lipinski definition) is 3. The van der Waals surface area contributed by atoms with Crippen molar-refractivity contribution in [1.29, 1.82) is 0 Å². The summed E-state index contributed by atoms with van der Waals surface area (Å²) in [6, 6.07) is 0.550. The molecule has 0 aliphatic carbocycles. The first-order chi connectivity index (χ1) is 23.2. The second kappa shape index (κ2) is 15.3. The van der Waals surface area contributed by atoms with Crippen LogP contribution in [0.2, 0.25) is 0 Å². The van der Waals surface area contributed by atoms with E-state index >= 15 is 0 Å². The monoisotopic (exact) mass is 707 g/mol. The molecule has 0 unspecified atom stereocenters. The topological polar surface area (TPSA) is 175 Å². The Morgan fingerprint density at radius 3 is 2.32 bits per heavy atom. The minimum absolute atomic E-state index is 0.0758. The maximum atomic E-state index is 14.3. The van der Waals surface area contributed by atoms with Gasteiger partial charge in [-0.05, 0) is 79.6 Å². The lowest BCUT2D eigenvalue weighted by atomic mass is 9.73. The Kier molecular flexibility index (Phi) is 12.1. The van der Waals surface area contributed by atoms with Crippen LogP contribution in [0.1, 0.15) is 80.2 Å². The maximum absolute atomic E-state index is 14.3. The average Bonchev–Trinajstić information content (AvgIpc) is 3.63. The summed E-state index contributed by atoms with van der Waals surface area (Å²) in [5.74, 6) is -4.66. The molecule has 14 heteroatoms. The van der Waals surface area contributed by atoms with Gasteiger partial charge < -0.3 is 44.1 Å². The number of Topliss-reactive ketones (excluding diaryl/α,β-unsaturated/α-hetero) is 1. The summed E-state index contributed by atoms with van der Waals surface area (Å²) in [7, 11) is 3.69. The number of aryl methyl sites for hydroxylation is 1. The molecule has 0 aromatic carbocycles. The van der Waals surface area contributed by atoms with Gasteiger partial charge in [-0.25, -0.2) is 9.59 Å². The van der Waals surface area contributed by atoms with E-state index in [4.69, 9.17) is 23.7 Å². The molecule has 0 bridgehead atoms. The van der Waals surface area contributed by atoms with Gasteiger partial charge in [-0.15, -0.1) is 0 Å². The number of likely N-dealkylation sites (N-methyl/N-ethyl adjacent to an activating group) is 1. The Bertz CT molecular complexity index is 1400. The zero-order chi connectivity index (χ0) is 37.5. The fourth-order valence-electron chi connectivity index (χ4n) is 8.11. The van der Waals surface area contributed by atoms with E-state index in [2.05, 4.69) is 5.32 Å². The number of ether oxygens (including phenoxy) is 5. The molecule has 3 fully saturated rings. The highest BCUT2D eigenvalue weighted by atomic mass is 16.7. The lowest BCUT2D eigenvalue weighted by Crippen LogP contribution is -2.61. The predicted molar refractivity (Wildman–Crippen MR) is 181 cm³/mol. The van der Waals surface area contributed by atoms with Crippen molar-refractivity contribution >= 4 is 23.9 Å². The van der Waals surface area contributed by atoms with Crippen LogP contribution < -0.4 is 5.32 Å². The molecule has 50 heavy (non-hydrogen) atoms. The van der Waals surface area contributed by atoms with Crippen LogP contribution >= 0.6 is 0 Å². The van der Waals surface area contributed by atoms with Crippen LogP contribution in [0.4, 0.5) is 9.59 Å². The second-order valence-corrected chi connectivity index (χ2v) is 15.4. The van der Waals surface area contributed by atoms with Gasteiger partial charge in [0.2, 0.25) is 0 Å². The third-order valence-electron chi connectivity index (χ3n) is 11.0. The highest BCUT2D eigenvalue weighted by molar-refractivity contribution is 5.85. The van der Waals surface area contributed by atoms with Gasteiger partial charge in [-0.2, -0.15) is 0 Å². The van der Waals surface area contributed by atoms with E-state index in [9.17, 15) is 29.4 Å². The van der Waals surface area contributed by atoms with E-state index in [0.717, 1.165) is 5.56 Å². The number of amides is 1. The number of aromatic nitrogens is 1. The zero-order valence-electron chi connectivity index (χ0n) is 31.2. The first-order valence-electron chi connectivity index (χ1n) is 17.7. The van der Waals surface area contributed by atoms with E-state index < -0.39 is 89.8 Å². The van der Waals surface area contributed by atoms with Crippen molar-refractivity contribution in [2.45, 2.75) is 142 Å². The van der Waals surface area contributed by atoms with Crippen molar-refractivity contribution < 1.29 is 53.1 Å². The molecular weight excluding hydrogens is 650 g/mol. The van der Waals surface area contributed by atoms with E-state index in [0.29, 0.717) is 6.42 Å². The number of fused-ring (bicyclic) bond motifs is 1. The summed E-state index contributed by atoms with van der Waals surface area (Å²) in [6.45, 7) is 15.3. The van der Waals surface area contributed by atoms with E-state index in [-0.39, 0.29) is 30.8 Å². The van der Waals surface area contributed by atoms with Crippen molar-refractivity contribution in [3.05, 3.63) is 24.0 Å². The number of rotatable bonds is 5. The predicted octanol–water partition coefficient (Wildman–Crippen LogP) is 3.42. The van der Waals surface area contributed by atoms with Gasteiger partial charge in [0.15, 0.2) is 11.9 Å². The molecule has 14 atom stereocenters. The number of cyclic esters (lactones) is 1. The van der Waals surface area contributed by atoms with Gasteiger partial charge in [0.1, 0.15) is 29.7 Å². The smallest absolute Gasteiger partial charge is 0.418 e. The van der Waals surface area contributed by atoms with Crippen LogP contribution in [-0.2, 0) is 33.3 Å². The molecule has 1 aromatic rings. The third-order valence-corrected chi connectivity index (χ3v) is 11.0. The summed E-state index contributed by atoms with van der Waals surface area (Å²) in [5, 5.41) is 26.1. The Morgan fingerprint density at radius 1 is 1.08 bits per heavy atom. The first kappa shape index (κ1) is 39.7. The number of esters is 1. The number of nitrogens with zero attached hydrogens (tertiary/aromatic N) is 2. The molecule has 0 radical (unpaired) electrons. The molecular formula is C36H57N3O11. The molecule has 1 amide bonds. The second-order valence-electron chi connectivity index (χ2n) is 15.4. The van der Waals surface area contributed by atoms with Gasteiger partial charge in [0, 0.05) is 36.2 Å². The lowest BCUT2D eigenvalue weighted by molar-refractivity contribution is -0.298. The molecule has 282 valence electrons. The summed E-state index contributed by atoms with van der Waals surface area (Å²) < 4.78 is 32.0. The Labute approximate surface area is 295 Å². The van der Waals surface area contributed by atoms with E-state index in [1.54, 1.807) is 60.0 Å². The largest absolute Gasteiger partial charge is 0.458 e. The van der Waals surface area contributed by atoms with Gasteiger partial charge >= 0.3 is 18.2 Å². The lowest BCUT2D eigenvalue weighted by Gasteiger charge is -2.48. The number of alkyl carbamates (subject to hydrolysis) is 1. The quantitative estimate of drug-likeness (QED) is 0.301. The summed E-state index contributed by atoms with van der Waals surface area (Å²) >= 11 is 0. The number of aliphatic hydroxyl groups excluding tert-OH is 2. The molecule has 3 N–H and O–H groups in total. The third kappa shape index (κ3) is 7.89. The standard InChI is InChI=1S/C36H57N3O11/c1-12-25-36(9)29(37-33(44)49-36)21(5)26(40)19(3)16-35(8,50-34(45)39-14-13-18(2)17-39)30(22(6)27(41)23(7)31(43)47-25)48-32-28(42)24(38(10)11)15-20(4)46-32/h13-14,17,19-25,27-30,32,41-42H,12,15-16H2,1-11H3,(H,37,44)/t19-,20-,21+,22+,23-,24+,25-,27+,28-,29-,30-,32+,35-,36-/m1/s1. The van der Waals surface area contributed by atoms with E-state index in [1.807, 2.05) is 32.8 Å². The number of carbonyl (C=O) groups is 4. The maximum Gasteiger partial charge on any atom is 0.418 e. The molecule has 4 rings (SSSR count). The molecule has 14 nitrogen and oxygen atoms in total. The molecule has 3 aliphatic heterocycles. The van der Waals surface area contributed by atoms with Gasteiger partial charge in [0.05, 0.1) is 24.2 Å². The number of nitrogens with one attached hydrogen (secondary N) is 1. The van der Waals surface area contributed by atoms with Crippen molar-refractivity contribution in [1.82, 2.24) is 14.8 Å². The summed E-state index contributed by atoms with van der Waals surface area (Å²) in [4.78, 5) is 56.4. The van der Waals surface area contributed by atoms with Crippen LogP contribution in [0.25, 0.3) is 0 Å². The van der Waals surface area contributed by atoms with Gasteiger partial charge in [-0.1, -0.05) is 27.7 Å². The molecule has 1 aromatic heterocycles. The summed E-state index contributed by atoms with van der Waals surface area (Å²) in [6.07, 6.45) is -3.83. The number of hydrogen-bond acceptors (Lipinski definition) is 12. The zero-order valence-corrected chi connectivity index (χ0v) is 31.2. The van der Waals surface area contributed by atoms with Crippen molar-refractivity contribution in [2.75, 3.05) is 14.1 Å². The van der Waals surface area contributed by atoms with Crippen molar-refractivity contribution in [2.24, 2.45) is 23.7 Å². The first-order valence-corrected chi connectivity index (χ1v) is 17.7. The highest BCUT2D eigenvalue weighted by Crippen LogP contribution is 2.41. The van der Waals surface area contributed by atoms with Crippen LogP contribution in [0.3, 0.4) is 0 Å². The van der Waals surface area contributed by atoms with E-state index in [1.165, 1.54) is 11.5 Å². The number of ketones is 1. The van der Waals surface area contributed by atoms with Crippen LogP contribution in [0, 0.1) is 30.6 Å². The average molecular weight is 708 g/mol. The minimum atomic E-state index is -1.64. The van der Waals surface area contributed by atoms with Crippen molar-refractivity contribution in [3.8, 4) is 0 Å². The molecule has 3 aliphatic rings. The molecule has 3 saturated heterocycles.